The van der Waals surface area contributed by atoms with Crippen molar-refractivity contribution >= 4 is 29.8 Å². The summed E-state index contributed by atoms with van der Waals surface area (Å²) >= 11 is 0. The number of ether oxygens (including phenoxy) is 3. The second kappa shape index (κ2) is 14.1. The summed E-state index contributed by atoms with van der Waals surface area (Å²) in [6, 6.07) is 14.9. The SMILES string of the molecule is C[C@H](NC(=O)OC(C)(C)C)C(=O)N[C@](C)(COC(=O)c1ccccc1)C(=O)N[C@@H](C)C(=O)OCc1ccccc1. The number of alkyl carbamates (subject to hydrolysis) is 1. The molecular formula is C29H37N3O8. The number of hydrogen-bond acceptors (Lipinski definition) is 8. The van der Waals surface area contributed by atoms with Gasteiger partial charge in [0.2, 0.25) is 11.8 Å². The number of carbonyl (C=O) groups is 5. The van der Waals surface area contributed by atoms with Crippen LogP contribution in [-0.4, -0.2) is 59.7 Å². The van der Waals surface area contributed by atoms with Crippen LogP contribution in [-0.2, 0) is 35.2 Å². The smallest absolute Gasteiger partial charge is 0.408 e. The fraction of sp³-hybridized carbons (Fsp3) is 0.414. The molecule has 0 radical (unpaired) electrons. The molecule has 0 saturated carbocycles. The Hall–Kier alpha value is -4.41. The van der Waals surface area contributed by atoms with Gasteiger partial charge in [-0.2, -0.15) is 0 Å². The van der Waals surface area contributed by atoms with Crippen LogP contribution in [0.25, 0.3) is 0 Å². The molecule has 11 nitrogen and oxygen atoms in total. The van der Waals surface area contributed by atoms with Gasteiger partial charge in [0.25, 0.3) is 0 Å². The predicted molar refractivity (Wildman–Crippen MR) is 146 cm³/mol. The Labute approximate surface area is 233 Å². The van der Waals surface area contributed by atoms with Gasteiger partial charge in [0.1, 0.15) is 30.9 Å². The van der Waals surface area contributed by atoms with Gasteiger partial charge in [0.15, 0.2) is 5.54 Å². The van der Waals surface area contributed by atoms with E-state index in [1.165, 1.54) is 32.9 Å². The number of carbonyl (C=O) groups excluding carboxylic acids is 5. The van der Waals surface area contributed by atoms with Crippen LogP contribution in [0.15, 0.2) is 60.7 Å². The van der Waals surface area contributed by atoms with E-state index < -0.39 is 59.7 Å². The number of rotatable bonds is 11. The summed E-state index contributed by atoms with van der Waals surface area (Å²) < 4.78 is 15.8. The Bertz CT molecular complexity index is 1180. The van der Waals surface area contributed by atoms with Crippen molar-refractivity contribution in [3.8, 4) is 0 Å². The first-order valence-electron chi connectivity index (χ1n) is 12.8. The minimum atomic E-state index is -1.82. The van der Waals surface area contributed by atoms with Crippen molar-refractivity contribution < 1.29 is 38.2 Å². The van der Waals surface area contributed by atoms with E-state index in [1.54, 1.807) is 63.2 Å². The van der Waals surface area contributed by atoms with Crippen LogP contribution in [0.5, 0.6) is 0 Å². The highest BCUT2D eigenvalue weighted by Gasteiger charge is 2.39. The second-order valence-electron chi connectivity index (χ2n) is 10.4. The topological polar surface area (TPSA) is 149 Å². The quantitative estimate of drug-likeness (QED) is 0.283. The Kier molecular flexibility index (Phi) is 11.2. The highest BCUT2D eigenvalue weighted by Crippen LogP contribution is 2.12. The molecule has 3 amide bonds. The lowest BCUT2D eigenvalue weighted by molar-refractivity contribution is -0.149. The molecule has 0 heterocycles. The Morgan fingerprint density at radius 3 is 1.93 bits per heavy atom. The Morgan fingerprint density at radius 2 is 1.35 bits per heavy atom. The number of nitrogens with one attached hydrogen (secondary N) is 3. The van der Waals surface area contributed by atoms with Gasteiger partial charge in [0.05, 0.1) is 5.56 Å². The molecule has 0 bridgehead atoms. The van der Waals surface area contributed by atoms with Crippen LogP contribution in [0, 0.1) is 0 Å². The number of hydrogen-bond donors (Lipinski definition) is 3. The van der Waals surface area contributed by atoms with E-state index in [2.05, 4.69) is 16.0 Å². The van der Waals surface area contributed by atoms with Gasteiger partial charge in [-0.05, 0) is 59.2 Å². The first-order chi connectivity index (χ1) is 18.7. The molecule has 0 spiro atoms. The van der Waals surface area contributed by atoms with Gasteiger partial charge >= 0.3 is 18.0 Å². The average molecular weight is 556 g/mol. The average Bonchev–Trinajstić information content (AvgIpc) is 2.90. The van der Waals surface area contributed by atoms with Gasteiger partial charge in [-0.3, -0.25) is 9.59 Å². The third-order valence-corrected chi connectivity index (χ3v) is 5.45. The maximum atomic E-state index is 13.3. The molecule has 216 valence electrons. The second-order valence-corrected chi connectivity index (χ2v) is 10.4. The lowest BCUT2D eigenvalue weighted by Gasteiger charge is -2.31. The maximum absolute atomic E-state index is 13.3. The van der Waals surface area contributed by atoms with Gasteiger partial charge in [-0.1, -0.05) is 48.5 Å². The van der Waals surface area contributed by atoms with Crippen LogP contribution in [0.1, 0.15) is 57.5 Å². The monoisotopic (exact) mass is 555 g/mol. The van der Waals surface area contributed by atoms with E-state index in [0.29, 0.717) is 0 Å². The molecular weight excluding hydrogens is 518 g/mol. The summed E-state index contributed by atoms with van der Waals surface area (Å²) in [5, 5.41) is 7.42. The summed E-state index contributed by atoms with van der Waals surface area (Å²) in [4.78, 5) is 63.5. The molecule has 0 unspecified atom stereocenters. The van der Waals surface area contributed by atoms with Crippen molar-refractivity contribution in [2.75, 3.05) is 6.61 Å². The zero-order valence-corrected chi connectivity index (χ0v) is 23.6. The Morgan fingerprint density at radius 1 is 0.775 bits per heavy atom. The molecule has 0 aromatic heterocycles. The fourth-order valence-electron chi connectivity index (χ4n) is 3.22. The molecule has 3 N–H and O–H groups in total. The minimum Gasteiger partial charge on any atom is -0.459 e. The molecule has 0 aliphatic heterocycles. The zero-order valence-electron chi connectivity index (χ0n) is 23.6. The van der Waals surface area contributed by atoms with Crippen molar-refractivity contribution in [1.82, 2.24) is 16.0 Å². The molecule has 3 atom stereocenters. The molecule has 40 heavy (non-hydrogen) atoms. The molecule has 0 aliphatic carbocycles. The van der Waals surface area contributed by atoms with Crippen molar-refractivity contribution in [3.63, 3.8) is 0 Å². The van der Waals surface area contributed by atoms with Crippen molar-refractivity contribution in [3.05, 3.63) is 71.8 Å². The van der Waals surface area contributed by atoms with Gasteiger partial charge in [-0.25, -0.2) is 14.4 Å². The molecule has 0 aliphatic rings. The summed E-state index contributed by atoms with van der Waals surface area (Å²) in [7, 11) is 0. The largest absolute Gasteiger partial charge is 0.459 e. The van der Waals surface area contributed by atoms with E-state index in [0.717, 1.165) is 5.56 Å². The molecule has 0 fully saturated rings. The Balaban J connectivity index is 2.12. The van der Waals surface area contributed by atoms with E-state index in [-0.39, 0.29) is 12.2 Å². The fourth-order valence-corrected chi connectivity index (χ4v) is 3.22. The van der Waals surface area contributed by atoms with Crippen LogP contribution in [0.2, 0.25) is 0 Å². The van der Waals surface area contributed by atoms with Crippen LogP contribution in [0.3, 0.4) is 0 Å². The highest BCUT2D eigenvalue weighted by atomic mass is 16.6. The molecule has 0 saturated heterocycles. The van der Waals surface area contributed by atoms with E-state index >= 15 is 0 Å². The van der Waals surface area contributed by atoms with Crippen molar-refractivity contribution in [2.45, 2.75) is 71.4 Å². The summed E-state index contributed by atoms with van der Waals surface area (Å²) in [6.45, 7) is 8.62. The van der Waals surface area contributed by atoms with Gasteiger partial charge in [0, 0.05) is 0 Å². The lowest BCUT2D eigenvalue weighted by Crippen LogP contribution is -2.64. The summed E-state index contributed by atoms with van der Waals surface area (Å²) in [5.74, 6) is -2.98. The van der Waals surface area contributed by atoms with Crippen molar-refractivity contribution in [2.24, 2.45) is 0 Å². The minimum absolute atomic E-state index is 0.0103. The lowest BCUT2D eigenvalue weighted by atomic mass is 10.0. The third-order valence-electron chi connectivity index (χ3n) is 5.45. The zero-order chi connectivity index (χ0) is 29.9. The first kappa shape index (κ1) is 31.8. The van der Waals surface area contributed by atoms with Crippen LogP contribution < -0.4 is 16.0 Å². The maximum Gasteiger partial charge on any atom is 0.408 e. The van der Waals surface area contributed by atoms with Gasteiger partial charge < -0.3 is 30.2 Å². The van der Waals surface area contributed by atoms with E-state index in [9.17, 15) is 24.0 Å². The van der Waals surface area contributed by atoms with E-state index in [4.69, 9.17) is 14.2 Å². The third kappa shape index (κ3) is 10.4. The van der Waals surface area contributed by atoms with Crippen LogP contribution >= 0.6 is 0 Å². The molecule has 2 aromatic rings. The van der Waals surface area contributed by atoms with Crippen LogP contribution in [0.4, 0.5) is 4.79 Å². The molecule has 2 rings (SSSR count). The summed E-state index contributed by atoms with van der Waals surface area (Å²) in [5.41, 5.74) is -1.59. The normalized spacial score (nSPS) is 13.9. The van der Waals surface area contributed by atoms with Gasteiger partial charge in [-0.15, -0.1) is 0 Å². The highest BCUT2D eigenvalue weighted by molar-refractivity contribution is 5.96. The summed E-state index contributed by atoms with van der Waals surface area (Å²) in [6.07, 6.45) is -0.827. The first-order valence-corrected chi connectivity index (χ1v) is 12.8. The standard InChI is InChI=1S/C29H37N3O8/c1-19(31-27(37)40-28(3,4)5)23(33)32-29(6,18-39-25(35)22-15-11-8-12-16-22)26(36)30-20(2)24(34)38-17-21-13-9-7-10-14-21/h7-16,19-20H,17-18H2,1-6H3,(H,30,36)(H,31,37)(H,32,33)/t19-,20-,29+/m0/s1. The molecule has 11 heteroatoms. The molecule has 2 aromatic carbocycles. The van der Waals surface area contributed by atoms with E-state index in [1.807, 2.05) is 6.07 Å². The predicted octanol–water partition coefficient (Wildman–Crippen LogP) is 2.88. The number of amides is 3. The number of esters is 2. The van der Waals surface area contributed by atoms with Crippen molar-refractivity contribution in [1.29, 1.82) is 0 Å². The number of benzene rings is 2.